The number of hydrogen-bond acceptors (Lipinski definition) is 3. The average Bonchev–Trinajstić information content (AvgIpc) is 2.67. The number of halogens is 1. The zero-order valence-electron chi connectivity index (χ0n) is 15.1. The van der Waals surface area contributed by atoms with Gasteiger partial charge in [0.2, 0.25) is 0 Å². The van der Waals surface area contributed by atoms with Crippen LogP contribution in [-0.4, -0.2) is 29.9 Å². The van der Waals surface area contributed by atoms with Gasteiger partial charge in [-0.1, -0.05) is 36.4 Å². The second-order valence-corrected chi connectivity index (χ2v) is 6.77. The predicted octanol–water partition coefficient (Wildman–Crippen LogP) is 3.89. The number of hydrogen-bond donors (Lipinski definition) is 1. The summed E-state index contributed by atoms with van der Waals surface area (Å²) in [6, 6.07) is 17.5. The highest BCUT2D eigenvalue weighted by atomic mass is 35.5. The molecule has 1 heterocycles. The van der Waals surface area contributed by atoms with Crippen LogP contribution in [0.1, 0.15) is 35.7 Å². The van der Waals surface area contributed by atoms with Gasteiger partial charge in [0, 0.05) is 30.3 Å². The normalized spacial score (nSPS) is 17.9. The van der Waals surface area contributed by atoms with Crippen molar-refractivity contribution in [2.45, 2.75) is 32.4 Å². The molecule has 1 aliphatic rings. The molecule has 1 fully saturated rings. The van der Waals surface area contributed by atoms with E-state index >= 15 is 0 Å². The lowest BCUT2D eigenvalue weighted by molar-refractivity contribution is 0.0658. The molecule has 2 unspecified atom stereocenters. The van der Waals surface area contributed by atoms with E-state index in [1.54, 1.807) is 0 Å². The maximum atomic E-state index is 13.0. The van der Waals surface area contributed by atoms with E-state index in [0.717, 1.165) is 42.8 Å². The number of rotatable bonds is 5. The molecule has 2 N–H and O–H groups in total. The molecule has 2 atom stereocenters. The SMILES string of the molecule is CC(N)C1CCCN(C(=O)c2ccccc2COc2ccccc2)C1.Cl. The molecule has 0 aromatic heterocycles. The highest BCUT2D eigenvalue weighted by molar-refractivity contribution is 5.95. The van der Waals surface area contributed by atoms with Gasteiger partial charge in [0.1, 0.15) is 12.4 Å². The summed E-state index contributed by atoms with van der Waals surface area (Å²) >= 11 is 0. The van der Waals surface area contributed by atoms with Crippen LogP contribution in [-0.2, 0) is 6.61 Å². The predicted molar refractivity (Wildman–Crippen MR) is 107 cm³/mol. The van der Waals surface area contributed by atoms with Crippen LogP contribution in [0.15, 0.2) is 54.6 Å². The first-order chi connectivity index (χ1) is 12.1. The Morgan fingerprint density at radius 2 is 1.88 bits per heavy atom. The Balaban J connectivity index is 0.00000243. The number of carbonyl (C=O) groups is 1. The molecule has 1 amide bonds. The van der Waals surface area contributed by atoms with E-state index in [4.69, 9.17) is 10.5 Å². The van der Waals surface area contributed by atoms with Crippen LogP contribution in [0.4, 0.5) is 0 Å². The monoisotopic (exact) mass is 374 g/mol. The summed E-state index contributed by atoms with van der Waals surface area (Å²) in [4.78, 5) is 15.0. The highest BCUT2D eigenvalue weighted by Gasteiger charge is 2.27. The lowest BCUT2D eigenvalue weighted by atomic mass is 9.91. The van der Waals surface area contributed by atoms with Crippen molar-refractivity contribution in [2.24, 2.45) is 11.7 Å². The number of ether oxygens (including phenoxy) is 1. The van der Waals surface area contributed by atoms with E-state index in [1.807, 2.05) is 66.4 Å². The van der Waals surface area contributed by atoms with Gasteiger partial charge in [-0.2, -0.15) is 0 Å². The van der Waals surface area contributed by atoms with E-state index in [-0.39, 0.29) is 24.4 Å². The molecule has 0 saturated carbocycles. The van der Waals surface area contributed by atoms with Gasteiger partial charge in [-0.05, 0) is 43.9 Å². The van der Waals surface area contributed by atoms with Crippen LogP contribution in [0.3, 0.4) is 0 Å². The number of likely N-dealkylation sites (tertiary alicyclic amines) is 1. The Bertz CT molecular complexity index is 706. The number of nitrogens with two attached hydrogens (primary N) is 1. The van der Waals surface area contributed by atoms with Crippen molar-refractivity contribution < 1.29 is 9.53 Å². The van der Waals surface area contributed by atoms with Crippen molar-refractivity contribution in [2.75, 3.05) is 13.1 Å². The summed E-state index contributed by atoms with van der Waals surface area (Å²) in [5, 5.41) is 0. The minimum absolute atomic E-state index is 0. The molecule has 4 nitrogen and oxygen atoms in total. The maximum Gasteiger partial charge on any atom is 0.254 e. The molecular formula is C21H27ClN2O2. The first-order valence-electron chi connectivity index (χ1n) is 8.96. The van der Waals surface area contributed by atoms with E-state index < -0.39 is 0 Å². The van der Waals surface area contributed by atoms with Gasteiger partial charge in [-0.25, -0.2) is 0 Å². The van der Waals surface area contributed by atoms with Crippen molar-refractivity contribution >= 4 is 18.3 Å². The molecule has 1 saturated heterocycles. The zero-order valence-corrected chi connectivity index (χ0v) is 16.0. The van der Waals surface area contributed by atoms with Crippen LogP contribution < -0.4 is 10.5 Å². The lowest BCUT2D eigenvalue weighted by Crippen LogP contribution is -2.45. The van der Waals surface area contributed by atoms with Gasteiger partial charge in [0.15, 0.2) is 0 Å². The van der Waals surface area contributed by atoms with Crippen molar-refractivity contribution in [3.8, 4) is 5.75 Å². The average molecular weight is 375 g/mol. The Labute approximate surface area is 161 Å². The van der Waals surface area contributed by atoms with Crippen molar-refractivity contribution in [3.05, 3.63) is 65.7 Å². The third-order valence-corrected chi connectivity index (χ3v) is 4.87. The minimum atomic E-state index is 0. The molecule has 0 spiro atoms. The topological polar surface area (TPSA) is 55.6 Å². The fourth-order valence-corrected chi connectivity index (χ4v) is 3.33. The Morgan fingerprint density at radius 1 is 1.19 bits per heavy atom. The lowest BCUT2D eigenvalue weighted by Gasteiger charge is -2.35. The van der Waals surface area contributed by atoms with Gasteiger partial charge < -0.3 is 15.4 Å². The van der Waals surface area contributed by atoms with Crippen molar-refractivity contribution in [3.63, 3.8) is 0 Å². The zero-order chi connectivity index (χ0) is 17.6. The summed E-state index contributed by atoms with van der Waals surface area (Å²) in [7, 11) is 0. The first-order valence-corrected chi connectivity index (χ1v) is 8.96. The van der Waals surface area contributed by atoms with Gasteiger partial charge in [0.05, 0.1) is 0 Å². The van der Waals surface area contributed by atoms with E-state index in [1.165, 1.54) is 0 Å². The summed E-state index contributed by atoms with van der Waals surface area (Å²) in [6.07, 6.45) is 2.11. The van der Waals surface area contributed by atoms with Crippen LogP contribution in [0.25, 0.3) is 0 Å². The fourth-order valence-electron chi connectivity index (χ4n) is 3.33. The van der Waals surface area contributed by atoms with Crippen LogP contribution >= 0.6 is 12.4 Å². The van der Waals surface area contributed by atoms with E-state index in [2.05, 4.69) is 0 Å². The second kappa shape index (κ2) is 9.60. The first kappa shape index (κ1) is 20.3. The molecule has 3 rings (SSSR count). The number of piperidine rings is 1. The quantitative estimate of drug-likeness (QED) is 0.863. The molecule has 2 aromatic rings. The van der Waals surface area contributed by atoms with Crippen LogP contribution in [0, 0.1) is 5.92 Å². The van der Waals surface area contributed by atoms with E-state index in [0.29, 0.717) is 12.5 Å². The summed E-state index contributed by atoms with van der Waals surface area (Å²) in [5.74, 6) is 1.27. The summed E-state index contributed by atoms with van der Waals surface area (Å²) < 4.78 is 5.84. The smallest absolute Gasteiger partial charge is 0.254 e. The molecule has 5 heteroatoms. The molecule has 2 aromatic carbocycles. The Kier molecular flexibility index (Phi) is 7.49. The maximum absolute atomic E-state index is 13.0. The Morgan fingerprint density at radius 3 is 2.62 bits per heavy atom. The van der Waals surface area contributed by atoms with E-state index in [9.17, 15) is 4.79 Å². The third-order valence-electron chi connectivity index (χ3n) is 4.87. The molecular weight excluding hydrogens is 348 g/mol. The standard InChI is InChI=1S/C21H26N2O2.ClH/c1-16(22)17-9-7-13-23(14-17)21(24)20-12-6-5-8-18(20)15-25-19-10-3-2-4-11-19;/h2-6,8,10-12,16-17H,7,9,13-15,22H2,1H3;1H. The van der Waals surface area contributed by atoms with Gasteiger partial charge >= 0.3 is 0 Å². The van der Waals surface area contributed by atoms with Gasteiger partial charge in [-0.15, -0.1) is 12.4 Å². The van der Waals surface area contributed by atoms with Gasteiger partial charge in [0.25, 0.3) is 5.91 Å². The molecule has 1 aliphatic heterocycles. The highest BCUT2D eigenvalue weighted by Crippen LogP contribution is 2.22. The molecule has 0 radical (unpaired) electrons. The largest absolute Gasteiger partial charge is 0.489 e. The Hall–Kier alpha value is -2.04. The number of para-hydroxylation sites is 1. The molecule has 140 valence electrons. The summed E-state index contributed by atoms with van der Waals surface area (Å²) in [6.45, 7) is 3.96. The number of nitrogens with zero attached hydrogens (tertiary/aromatic N) is 1. The van der Waals surface area contributed by atoms with Gasteiger partial charge in [-0.3, -0.25) is 4.79 Å². The molecule has 0 aliphatic carbocycles. The minimum Gasteiger partial charge on any atom is -0.489 e. The number of benzene rings is 2. The molecule has 26 heavy (non-hydrogen) atoms. The van der Waals surface area contributed by atoms with Crippen molar-refractivity contribution in [1.82, 2.24) is 4.90 Å². The number of amides is 1. The third kappa shape index (κ3) is 4.99. The van der Waals surface area contributed by atoms with Crippen molar-refractivity contribution in [1.29, 1.82) is 0 Å². The van der Waals surface area contributed by atoms with Crippen LogP contribution in [0.2, 0.25) is 0 Å². The van der Waals surface area contributed by atoms with Crippen LogP contribution in [0.5, 0.6) is 5.75 Å². The summed E-state index contributed by atoms with van der Waals surface area (Å²) in [5.41, 5.74) is 7.69. The fraction of sp³-hybridized carbons (Fsp3) is 0.381. The molecule has 0 bridgehead atoms. The number of carbonyl (C=O) groups excluding carboxylic acids is 1. The second-order valence-electron chi connectivity index (χ2n) is 6.77.